The Bertz CT molecular complexity index is 1020. The number of nitrogens with zero attached hydrogens (tertiary/aromatic N) is 1. The van der Waals surface area contributed by atoms with Gasteiger partial charge >= 0.3 is 5.97 Å². The molecular weight excluding hydrogens is 374 g/mol. The van der Waals surface area contributed by atoms with Gasteiger partial charge in [0.05, 0.1) is 18.9 Å². The van der Waals surface area contributed by atoms with Gasteiger partial charge in [-0.25, -0.2) is 4.79 Å². The van der Waals surface area contributed by atoms with Crippen LogP contribution in [-0.4, -0.2) is 40.6 Å². The Labute approximate surface area is 168 Å². The summed E-state index contributed by atoms with van der Waals surface area (Å²) in [5.74, 6) is -0.355. The number of aliphatic hydroxyl groups excluding tert-OH is 1. The van der Waals surface area contributed by atoms with Crippen LogP contribution < -0.4 is 10.2 Å². The maximum atomic E-state index is 12.7. The molecule has 0 saturated heterocycles. The zero-order valence-corrected chi connectivity index (χ0v) is 16.6. The average Bonchev–Trinajstić information content (AvgIpc) is 3.44. The van der Waals surface area contributed by atoms with Crippen LogP contribution in [0.25, 0.3) is 11.3 Å². The molecule has 4 rings (SSSR count). The molecule has 2 aromatic rings. The molecule has 0 radical (unpaired) electrons. The predicted molar refractivity (Wildman–Crippen MR) is 106 cm³/mol. The van der Waals surface area contributed by atoms with Crippen molar-refractivity contribution in [3.05, 3.63) is 45.7 Å². The molecule has 1 saturated carbocycles. The van der Waals surface area contributed by atoms with E-state index in [4.69, 9.17) is 14.6 Å². The number of ether oxygens (including phenoxy) is 2. The van der Waals surface area contributed by atoms with Crippen molar-refractivity contribution < 1.29 is 24.5 Å². The summed E-state index contributed by atoms with van der Waals surface area (Å²) < 4.78 is 12.5. The van der Waals surface area contributed by atoms with Crippen molar-refractivity contribution in [2.24, 2.45) is 5.41 Å². The Kier molecular flexibility index (Phi) is 4.86. The first-order chi connectivity index (χ1) is 13.9. The van der Waals surface area contributed by atoms with Crippen LogP contribution in [0.15, 0.2) is 29.2 Å². The number of esters is 1. The number of hydrogen-bond donors (Lipinski definition) is 2. The second-order valence-electron chi connectivity index (χ2n) is 7.99. The lowest BCUT2D eigenvalue weighted by Crippen LogP contribution is -2.30. The van der Waals surface area contributed by atoms with Crippen LogP contribution in [-0.2, 0) is 11.2 Å². The molecule has 1 aromatic heterocycles. The Morgan fingerprint density at radius 1 is 1.31 bits per heavy atom. The molecule has 1 aliphatic heterocycles. The average molecular weight is 399 g/mol. The third kappa shape index (κ3) is 3.40. The molecule has 1 aromatic carbocycles. The van der Waals surface area contributed by atoms with Crippen molar-refractivity contribution >= 4 is 5.97 Å². The van der Waals surface area contributed by atoms with E-state index in [0.29, 0.717) is 17.9 Å². The number of phenols is 1. The van der Waals surface area contributed by atoms with E-state index in [1.54, 1.807) is 25.3 Å². The van der Waals surface area contributed by atoms with Gasteiger partial charge in [0.15, 0.2) is 16.9 Å². The SMILES string of the molecule is CCOC(=O)c1cn2c(cc1=O)-c1cc(O)c(OCCO)cc1CC2C1(C)CC1. The predicted octanol–water partition coefficient (Wildman–Crippen LogP) is 2.67. The van der Waals surface area contributed by atoms with Crippen molar-refractivity contribution in [2.45, 2.75) is 39.2 Å². The molecule has 1 fully saturated rings. The number of fused-ring (bicyclic) bond motifs is 3. The number of aliphatic hydroxyl groups is 1. The molecule has 2 N–H and O–H groups in total. The van der Waals surface area contributed by atoms with Gasteiger partial charge in [-0.2, -0.15) is 0 Å². The Morgan fingerprint density at radius 2 is 2.07 bits per heavy atom. The largest absolute Gasteiger partial charge is 0.504 e. The minimum absolute atomic E-state index is 0.0282. The van der Waals surface area contributed by atoms with E-state index in [2.05, 4.69) is 6.92 Å². The summed E-state index contributed by atoms with van der Waals surface area (Å²) in [6, 6.07) is 4.90. The lowest BCUT2D eigenvalue weighted by molar-refractivity contribution is 0.0523. The molecule has 0 amide bonds. The number of phenolic OH excluding ortho intramolecular Hbond substituents is 1. The molecule has 2 heterocycles. The van der Waals surface area contributed by atoms with Gasteiger partial charge in [0.25, 0.3) is 0 Å². The third-order valence-electron chi connectivity index (χ3n) is 5.98. The van der Waals surface area contributed by atoms with Crippen LogP contribution in [0.2, 0.25) is 0 Å². The normalized spacial score (nSPS) is 18.5. The standard InChI is InChI=1S/C22H25NO6/c1-3-28-21(27)15-12-23-16(11-17(15)25)14-10-18(26)19(29-7-6-24)8-13(14)9-20(23)22(2)4-5-22/h8,10-12,20,24,26H,3-7,9H2,1-2H3. The van der Waals surface area contributed by atoms with Gasteiger partial charge in [-0.15, -0.1) is 0 Å². The quantitative estimate of drug-likeness (QED) is 0.725. The van der Waals surface area contributed by atoms with Crippen molar-refractivity contribution in [1.29, 1.82) is 0 Å². The summed E-state index contributed by atoms with van der Waals surface area (Å²) in [6.07, 6.45) is 4.44. The monoisotopic (exact) mass is 399 g/mol. The van der Waals surface area contributed by atoms with Crippen molar-refractivity contribution in [3.8, 4) is 22.8 Å². The second-order valence-corrected chi connectivity index (χ2v) is 7.99. The molecule has 0 bridgehead atoms. The number of carbonyl (C=O) groups excluding carboxylic acids is 1. The summed E-state index contributed by atoms with van der Waals surface area (Å²) in [5, 5.41) is 19.4. The van der Waals surface area contributed by atoms with Crippen molar-refractivity contribution in [1.82, 2.24) is 4.57 Å². The maximum Gasteiger partial charge on any atom is 0.343 e. The second kappa shape index (κ2) is 7.22. The van der Waals surface area contributed by atoms with E-state index < -0.39 is 11.4 Å². The molecule has 29 heavy (non-hydrogen) atoms. The lowest BCUT2D eigenvalue weighted by Gasteiger charge is -2.35. The fraction of sp³-hybridized carbons (Fsp3) is 0.455. The van der Waals surface area contributed by atoms with Gasteiger partial charge in [-0.3, -0.25) is 4.79 Å². The minimum Gasteiger partial charge on any atom is -0.504 e. The van der Waals surface area contributed by atoms with Crippen LogP contribution in [0.3, 0.4) is 0 Å². The summed E-state index contributed by atoms with van der Waals surface area (Å²) in [4.78, 5) is 24.9. The van der Waals surface area contributed by atoms with Gasteiger partial charge < -0.3 is 24.3 Å². The summed E-state index contributed by atoms with van der Waals surface area (Å²) in [5.41, 5.74) is 2.09. The molecule has 7 nitrogen and oxygen atoms in total. The molecule has 1 unspecified atom stereocenters. The van der Waals surface area contributed by atoms with Crippen LogP contribution in [0.5, 0.6) is 11.5 Å². The Balaban J connectivity index is 1.87. The first-order valence-corrected chi connectivity index (χ1v) is 9.91. The smallest absolute Gasteiger partial charge is 0.343 e. The summed E-state index contributed by atoms with van der Waals surface area (Å²) >= 11 is 0. The van der Waals surface area contributed by atoms with Gasteiger partial charge in [-0.05, 0) is 49.3 Å². The first kappa shape index (κ1) is 19.5. The number of hydrogen-bond acceptors (Lipinski definition) is 6. The summed E-state index contributed by atoms with van der Waals surface area (Å²) in [6.45, 7) is 4.06. The number of benzene rings is 1. The van der Waals surface area contributed by atoms with Crippen LogP contribution in [0.1, 0.15) is 48.7 Å². The number of carbonyl (C=O) groups is 1. The van der Waals surface area contributed by atoms with E-state index in [9.17, 15) is 14.7 Å². The van der Waals surface area contributed by atoms with Gasteiger partial charge in [0, 0.05) is 23.9 Å². The van der Waals surface area contributed by atoms with Crippen LogP contribution >= 0.6 is 0 Å². The minimum atomic E-state index is -0.617. The topological polar surface area (TPSA) is 98.0 Å². The maximum absolute atomic E-state index is 12.7. The molecule has 154 valence electrons. The first-order valence-electron chi connectivity index (χ1n) is 9.91. The van der Waals surface area contributed by atoms with Crippen LogP contribution in [0, 0.1) is 5.41 Å². The van der Waals surface area contributed by atoms with E-state index in [1.165, 1.54) is 6.07 Å². The molecule has 7 heteroatoms. The molecular formula is C22H25NO6. The molecule has 1 aliphatic carbocycles. The van der Waals surface area contributed by atoms with Gasteiger partial charge in [0.1, 0.15) is 12.2 Å². The zero-order chi connectivity index (χ0) is 20.8. The van der Waals surface area contributed by atoms with Crippen molar-refractivity contribution in [2.75, 3.05) is 19.8 Å². The number of aromatic hydroxyl groups is 1. The zero-order valence-electron chi connectivity index (χ0n) is 16.6. The highest BCUT2D eigenvalue weighted by molar-refractivity contribution is 5.89. The third-order valence-corrected chi connectivity index (χ3v) is 5.98. The molecule has 0 spiro atoms. The highest BCUT2D eigenvalue weighted by Gasteiger charge is 2.47. The van der Waals surface area contributed by atoms with E-state index in [0.717, 1.165) is 24.0 Å². The van der Waals surface area contributed by atoms with Crippen molar-refractivity contribution in [3.63, 3.8) is 0 Å². The number of pyridine rings is 1. The van der Waals surface area contributed by atoms with E-state index in [1.807, 2.05) is 4.57 Å². The number of aromatic nitrogens is 1. The Hall–Kier alpha value is -2.80. The van der Waals surface area contributed by atoms with E-state index >= 15 is 0 Å². The lowest BCUT2D eigenvalue weighted by atomic mass is 9.84. The van der Waals surface area contributed by atoms with Crippen LogP contribution in [0.4, 0.5) is 0 Å². The highest BCUT2D eigenvalue weighted by Crippen LogP contribution is 2.57. The molecule has 2 aliphatic rings. The fourth-order valence-corrected chi connectivity index (χ4v) is 4.09. The highest BCUT2D eigenvalue weighted by atomic mass is 16.5. The van der Waals surface area contributed by atoms with Gasteiger partial charge in [-0.1, -0.05) is 6.92 Å². The van der Waals surface area contributed by atoms with Gasteiger partial charge in [0.2, 0.25) is 0 Å². The van der Waals surface area contributed by atoms with E-state index in [-0.39, 0.29) is 42.6 Å². The molecule has 1 atom stereocenters. The number of rotatable bonds is 6. The Morgan fingerprint density at radius 3 is 2.72 bits per heavy atom. The summed E-state index contributed by atoms with van der Waals surface area (Å²) in [7, 11) is 0. The fourth-order valence-electron chi connectivity index (χ4n) is 4.09.